The van der Waals surface area contributed by atoms with Crippen molar-refractivity contribution in [1.29, 1.82) is 0 Å². The van der Waals surface area contributed by atoms with E-state index >= 15 is 0 Å². The number of aryl methyl sites for hydroxylation is 1. The van der Waals surface area contributed by atoms with Crippen molar-refractivity contribution in [3.8, 4) is 0 Å². The molecule has 0 aromatic carbocycles. The number of rotatable bonds is 6. The third-order valence-corrected chi connectivity index (χ3v) is 5.70. The fraction of sp³-hybridized carbons (Fsp3) is 0.368. The highest BCUT2D eigenvalue weighted by atomic mass is 32.1. The lowest BCUT2D eigenvalue weighted by Crippen LogP contribution is -2.33. The molecule has 4 rings (SSSR count). The number of carbonyl (C=O) groups excluding carboxylic acids is 1. The van der Waals surface area contributed by atoms with E-state index in [-0.39, 0.29) is 16.9 Å². The van der Waals surface area contributed by atoms with Gasteiger partial charge in [0.1, 0.15) is 0 Å². The monoisotopic (exact) mass is 384 g/mol. The number of nitrogens with zero attached hydrogens (tertiary/aromatic N) is 2. The van der Waals surface area contributed by atoms with Crippen LogP contribution in [0.3, 0.4) is 0 Å². The van der Waals surface area contributed by atoms with E-state index in [2.05, 4.69) is 15.3 Å². The van der Waals surface area contributed by atoms with Crippen LogP contribution in [-0.4, -0.2) is 27.0 Å². The van der Waals surface area contributed by atoms with Gasteiger partial charge in [0.2, 0.25) is 0 Å². The molecule has 0 saturated heterocycles. The number of nitrogens with one attached hydrogen (secondary N) is 2. The molecule has 8 heteroatoms. The van der Waals surface area contributed by atoms with Crippen LogP contribution in [0.25, 0.3) is 11.0 Å². The summed E-state index contributed by atoms with van der Waals surface area (Å²) >= 11 is 1.64. The lowest BCUT2D eigenvalue weighted by atomic mass is 10.1. The molecular weight excluding hydrogens is 364 g/mol. The molecule has 1 aliphatic rings. The smallest absolute Gasteiger partial charge is 0.329 e. The van der Waals surface area contributed by atoms with Crippen LogP contribution < -0.4 is 16.6 Å². The molecule has 3 heterocycles. The topological polar surface area (TPSA) is 96.9 Å². The number of amides is 1. The Hall–Kier alpha value is -2.74. The van der Waals surface area contributed by atoms with Gasteiger partial charge in [-0.25, -0.2) is 9.78 Å². The number of carbonyl (C=O) groups is 1. The fourth-order valence-corrected chi connectivity index (χ4v) is 3.91. The van der Waals surface area contributed by atoms with Gasteiger partial charge in [0.15, 0.2) is 5.65 Å². The average molecular weight is 384 g/mol. The van der Waals surface area contributed by atoms with Gasteiger partial charge >= 0.3 is 5.69 Å². The van der Waals surface area contributed by atoms with Gasteiger partial charge in [0.05, 0.1) is 10.9 Å². The zero-order chi connectivity index (χ0) is 19.0. The Kier molecular flexibility index (Phi) is 4.65. The summed E-state index contributed by atoms with van der Waals surface area (Å²) in [5, 5.41) is 5.07. The maximum absolute atomic E-state index is 12.8. The molecule has 7 nitrogen and oxygen atoms in total. The van der Waals surface area contributed by atoms with Crippen molar-refractivity contribution in [2.24, 2.45) is 0 Å². The lowest BCUT2D eigenvalue weighted by molar-refractivity contribution is 0.0955. The van der Waals surface area contributed by atoms with Crippen LogP contribution in [0.1, 0.15) is 46.6 Å². The number of hydrogen-bond donors (Lipinski definition) is 2. The summed E-state index contributed by atoms with van der Waals surface area (Å²) in [6.07, 6.45) is 2.76. The molecule has 3 aromatic rings. The van der Waals surface area contributed by atoms with Crippen LogP contribution in [0.5, 0.6) is 0 Å². The first-order valence-electron chi connectivity index (χ1n) is 9.06. The van der Waals surface area contributed by atoms with E-state index in [9.17, 15) is 14.4 Å². The van der Waals surface area contributed by atoms with E-state index in [1.165, 1.54) is 9.44 Å². The highest BCUT2D eigenvalue weighted by Crippen LogP contribution is 2.39. The number of thiophene rings is 1. The Bertz CT molecular complexity index is 1110. The molecule has 0 atom stereocenters. The number of pyridine rings is 1. The minimum absolute atomic E-state index is 0.175. The zero-order valence-electron chi connectivity index (χ0n) is 14.9. The van der Waals surface area contributed by atoms with Crippen LogP contribution in [0.15, 0.2) is 33.2 Å². The zero-order valence-corrected chi connectivity index (χ0v) is 15.8. The summed E-state index contributed by atoms with van der Waals surface area (Å²) in [6, 6.07) is 5.71. The molecule has 3 aromatic heterocycles. The maximum Gasteiger partial charge on any atom is 0.329 e. The predicted molar refractivity (Wildman–Crippen MR) is 105 cm³/mol. The standard InChI is InChI=1S/C19H20N4O3S/c1-2-23-16-15(18(25)22-19(23)26)13(10-14(21-16)11-5-6-11)17(24)20-8-7-12-4-3-9-27-12/h3-4,9-11H,2,5-8H2,1H3,(H,20,24)(H,22,25,26). The first-order chi connectivity index (χ1) is 13.1. The van der Waals surface area contributed by atoms with Crippen LogP contribution in [0.2, 0.25) is 0 Å². The van der Waals surface area contributed by atoms with Crippen molar-refractivity contribution in [1.82, 2.24) is 19.9 Å². The van der Waals surface area contributed by atoms with Gasteiger partial charge in [-0.05, 0) is 43.7 Å². The van der Waals surface area contributed by atoms with Crippen LogP contribution in [-0.2, 0) is 13.0 Å². The molecule has 0 unspecified atom stereocenters. The Labute approximate surface area is 159 Å². The molecule has 0 radical (unpaired) electrons. The fourth-order valence-electron chi connectivity index (χ4n) is 3.20. The van der Waals surface area contributed by atoms with Crippen LogP contribution >= 0.6 is 11.3 Å². The number of H-pyrrole nitrogens is 1. The number of aromatic amines is 1. The molecule has 0 spiro atoms. The minimum Gasteiger partial charge on any atom is -0.352 e. The van der Waals surface area contributed by atoms with Gasteiger partial charge in [-0.3, -0.25) is 19.1 Å². The first-order valence-corrected chi connectivity index (χ1v) is 9.94. The number of aromatic nitrogens is 3. The highest BCUT2D eigenvalue weighted by molar-refractivity contribution is 7.09. The molecule has 27 heavy (non-hydrogen) atoms. The summed E-state index contributed by atoms with van der Waals surface area (Å²) in [4.78, 5) is 45.5. The third-order valence-electron chi connectivity index (χ3n) is 4.76. The molecule has 1 amide bonds. The van der Waals surface area contributed by atoms with Crippen molar-refractivity contribution in [3.05, 3.63) is 60.6 Å². The largest absolute Gasteiger partial charge is 0.352 e. The Balaban J connectivity index is 1.75. The van der Waals surface area contributed by atoms with E-state index in [0.717, 1.165) is 25.0 Å². The second-order valence-electron chi connectivity index (χ2n) is 6.66. The average Bonchev–Trinajstić information content (AvgIpc) is 3.38. The van der Waals surface area contributed by atoms with E-state index in [1.807, 2.05) is 24.4 Å². The molecular formula is C19H20N4O3S. The summed E-state index contributed by atoms with van der Waals surface area (Å²) in [5.74, 6) is -0.0144. The van der Waals surface area contributed by atoms with Crippen LogP contribution in [0.4, 0.5) is 0 Å². The molecule has 0 aliphatic heterocycles. The summed E-state index contributed by atoms with van der Waals surface area (Å²) in [7, 11) is 0. The highest BCUT2D eigenvalue weighted by Gasteiger charge is 2.28. The Morgan fingerprint density at radius 3 is 2.89 bits per heavy atom. The van der Waals surface area contributed by atoms with Gasteiger partial charge < -0.3 is 5.32 Å². The van der Waals surface area contributed by atoms with E-state index in [0.29, 0.717) is 24.7 Å². The number of hydrogen-bond acceptors (Lipinski definition) is 5. The normalized spacial score (nSPS) is 13.8. The van der Waals surface area contributed by atoms with Crippen LogP contribution in [0, 0.1) is 0 Å². The van der Waals surface area contributed by atoms with Gasteiger partial charge in [-0.1, -0.05) is 6.07 Å². The molecule has 1 saturated carbocycles. The quantitative estimate of drug-likeness (QED) is 0.679. The van der Waals surface area contributed by atoms with Crippen molar-refractivity contribution in [3.63, 3.8) is 0 Å². The van der Waals surface area contributed by atoms with E-state index < -0.39 is 11.2 Å². The van der Waals surface area contributed by atoms with Crippen molar-refractivity contribution < 1.29 is 4.79 Å². The number of fused-ring (bicyclic) bond motifs is 1. The van der Waals surface area contributed by atoms with E-state index in [4.69, 9.17) is 0 Å². The maximum atomic E-state index is 12.8. The van der Waals surface area contributed by atoms with Crippen molar-refractivity contribution in [2.75, 3.05) is 6.54 Å². The molecule has 1 fully saturated rings. The van der Waals surface area contributed by atoms with Gasteiger partial charge in [-0.2, -0.15) is 0 Å². The van der Waals surface area contributed by atoms with Gasteiger partial charge in [0, 0.05) is 29.6 Å². The summed E-state index contributed by atoms with van der Waals surface area (Å²) in [6.45, 7) is 2.66. The molecule has 0 bridgehead atoms. The molecule has 140 valence electrons. The Morgan fingerprint density at radius 1 is 1.41 bits per heavy atom. The van der Waals surface area contributed by atoms with E-state index in [1.54, 1.807) is 17.4 Å². The first kappa shape index (κ1) is 17.7. The van der Waals surface area contributed by atoms with Crippen molar-refractivity contribution in [2.45, 2.75) is 38.6 Å². The molecule has 1 aliphatic carbocycles. The lowest BCUT2D eigenvalue weighted by Gasteiger charge is -2.12. The third kappa shape index (κ3) is 3.44. The van der Waals surface area contributed by atoms with Crippen molar-refractivity contribution >= 4 is 28.3 Å². The molecule has 2 N–H and O–H groups in total. The SMILES string of the molecule is CCn1c(=O)[nH]c(=O)c2c(C(=O)NCCc3cccs3)cc(C3CC3)nc21. The van der Waals surface area contributed by atoms with Gasteiger partial charge in [-0.15, -0.1) is 11.3 Å². The van der Waals surface area contributed by atoms with Gasteiger partial charge in [0.25, 0.3) is 11.5 Å². The summed E-state index contributed by atoms with van der Waals surface area (Å²) in [5.41, 5.74) is 0.283. The Morgan fingerprint density at radius 2 is 2.22 bits per heavy atom. The second kappa shape index (κ2) is 7.11. The summed E-state index contributed by atoms with van der Waals surface area (Å²) < 4.78 is 1.41. The predicted octanol–water partition coefficient (Wildman–Crippen LogP) is 2.02. The second-order valence-corrected chi connectivity index (χ2v) is 7.69. The minimum atomic E-state index is -0.571.